The van der Waals surface area contributed by atoms with E-state index in [0.29, 0.717) is 23.5 Å². The van der Waals surface area contributed by atoms with E-state index in [1.54, 1.807) is 11.3 Å². The van der Waals surface area contributed by atoms with E-state index in [2.05, 4.69) is 17.4 Å². The maximum absolute atomic E-state index is 13.6. The summed E-state index contributed by atoms with van der Waals surface area (Å²) in [4.78, 5) is 36.6. The third-order valence-electron chi connectivity index (χ3n) is 8.17. The van der Waals surface area contributed by atoms with Crippen molar-refractivity contribution < 1.29 is 41.9 Å². The molecule has 3 aliphatic heterocycles. The number of fused-ring (bicyclic) bond motifs is 4. The van der Waals surface area contributed by atoms with Crippen molar-refractivity contribution in [1.82, 2.24) is 0 Å². The Morgan fingerprint density at radius 2 is 1.52 bits per heavy atom. The maximum atomic E-state index is 13.6. The second kappa shape index (κ2) is 13.2. The molecule has 2 atom stereocenters. The van der Waals surface area contributed by atoms with Crippen molar-refractivity contribution in [2.45, 2.75) is 31.2 Å². The summed E-state index contributed by atoms with van der Waals surface area (Å²) in [6, 6.07) is 29.1. The van der Waals surface area contributed by atoms with Crippen LogP contribution in [-0.4, -0.2) is 60.7 Å². The number of halogens is 3. The van der Waals surface area contributed by atoms with E-state index in [1.807, 2.05) is 78.9 Å². The first-order valence-electron chi connectivity index (χ1n) is 14.3. The van der Waals surface area contributed by atoms with Crippen LogP contribution in [0, 0.1) is 5.92 Å². The minimum absolute atomic E-state index is 0.172. The fraction of sp³-hybridized carbons (Fsp3) is 0.303. The van der Waals surface area contributed by atoms with E-state index < -0.39 is 18.2 Å². The Balaban J connectivity index is 0.000000493. The van der Waals surface area contributed by atoms with E-state index in [-0.39, 0.29) is 17.9 Å². The molecule has 0 amide bonds. The van der Waals surface area contributed by atoms with Crippen LogP contribution in [0.15, 0.2) is 91.0 Å². The first-order valence-corrected chi connectivity index (χ1v) is 15.1. The molecule has 3 fully saturated rings. The van der Waals surface area contributed by atoms with Crippen LogP contribution in [0.3, 0.4) is 0 Å². The molecule has 1 N–H and O–H groups in total. The van der Waals surface area contributed by atoms with Gasteiger partial charge in [-0.15, -0.1) is 11.3 Å². The predicted octanol–water partition coefficient (Wildman–Crippen LogP) is 5.39. The molecule has 1 aromatic heterocycles. The molecule has 2 unspecified atom stereocenters. The minimum Gasteiger partial charge on any atom is -0.542 e. The lowest BCUT2D eigenvalue weighted by Crippen LogP contribution is -2.65. The summed E-state index contributed by atoms with van der Waals surface area (Å²) in [5.74, 6) is -2.72. The number of nitrogens with one attached hydrogen (secondary N) is 1. The number of benzene rings is 3. The molecule has 3 aliphatic rings. The predicted molar refractivity (Wildman–Crippen MR) is 159 cm³/mol. The van der Waals surface area contributed by atoms with Crippen molar-refractivity contribution in [2.75, 3.05) is 31.5 Å². The third kappa shape index (κ3) is 7.46. The molecule has 230 valence electrons. The van der Waals surface area contributed by atoms with Crippen LogP contribution in [0.4, 0.5) is 18.9 Å². The number of ketones is 1. The fourth-order valence-electron chi connectivity index (χ4n) is 5.92. The molecule has 0 saturated carbocycles. The summed E-state index contributed by atoms with van der Waals surface area (Å²) in [7, 11) is 0. The average Bonchev–Trinajstić information content (AvgIpc) is 3.46. The molecule has 0 radical (unpaired) electrons. The van der Waals surface area contributed by atoms with Crippen molar-refractivity contribution in [2.24, 2.45) is 5.92 Å². The zero-order valence-electron chi connectivity index (χ0n) is 23.7. The highest BCUT2D eigenvalue weighted by Gasteiger charge is 2.49. The first-order chi connectivity index (χ1) is 21.0. The number of carboxylic acid groups (broad SMARTS) is 1. The van der Waals surface area contributed by atoms with Gasteiger partial charge >= 0.3 is 12.1 Å². The Morgan fingerprint density at radius 3 is 2.14 bits per heavy atom. The van der Waals surface area contributed by atoms with Crippen LogP contribution in [0.1, 0.15) is 34.1 Å². The summed E-state index contributed by atoms with van der Waals surface area (Å²) in [5.41, 5.74) is 1.75. The number of anilines is 1. The van der Waals surface area contributed by atoms with Crippen molar-refractivity contribution in [1.29, 1.82) is 0 Å². The molecule has 7 rings (SSSR count). The van der Waals surface area contributed by atoms with Gasteiger partial charge in [-0.25, -0.2) is 4.79 Å². The normalized spacial score (nSPS) is 21.5. The third-order valence-corrected chi connectivity index (χ3v) is 9.33. The van der Waals surface area contributed by atoms with Crippen molar-refractivity contribution in [3.8, 4) is 0 Å². The molecule has 4 aromatic rings. The molecule has 11 heteroatoms. The number of alkyl halides is 3. The number of para-hydroxylation sites is 1. The summed E-state index contributed by atoms with van der Waals surface area (Å²) in [6.45, 7) is 3.12. The van der Waals surface area contributed by atoms with E-state index in [1.165, 1.54) is 0 Å². The largest absolute Gasteiger partial charge is 0.542 e. The fourth-order valence-corrected chi connectivity index (χ4v) is 6.91. The van der Waals surface area contributed by atoms with Gasteiger partial charge in [0.2, 0.25) is 5.78 Å². The van der Waals surface area contributed by atoms with Crippen molar-refractivity contribution in [3.63, 3.8) is 0 Å². The lowest BCUT2D eigenvalue weighted by atomic mass is 9.83. The van der Waals surface area contributed by atoms with E-state index in [0.717, 1.165) is 52.1 Å². The van der Waals surface area contributed by atoms with Gasteiger partial charge in [-0.05, 0) is 35.2 Å². The second-order valence-corrected chi connectivity index (χ2v) is 12.2. The topological polar surface area (TPSA) is 95.5 Å². The molecular formula is C33H31F3N2O5S. The molecule has 0 spiro atoms. The van der Waals surface area contributed by atoms with Gasteiger partial charge in [0.1, 0.15) is 19.1 Å². The number of thiophene rings is 1. The Morgan fingerprint density at radius 1 is 0.932 bits per heavy atom. The minimum atomic E-state index is -5.19. The number of Topliss-reactive ketones (excluding diaryl/α,β-unsaturated/α-hetero) is 1. The monoisotopic (exact) mass is 624 g/mol. The molecular weight excluding hydrogens is 593 g/mol. The first kappa shape index (κ1) is 31.2. The highest BCUT2D eigenvalue weighted by Crippen LogP contribution is 2.37. The second-order valence-electron chi connectivity index (χ2n) is 11.2. The van der Waals surface area contributed by atoms with Crippen LogP contribution in [-0.2, 0) is 14.3 Å². The number of hydrogen-bond donors (Lipinski definition) is 1. The Labute approximate surface area is 256 Å². The number of carbonyl (C=O) groups excluding carboxylic acids is 3. The van der Waals surface area contributed by atoms with Gasteiger partial charge in [-0.2, -0.15) is 13.2 Å². The van der Waals surface area contributed by atoms with Gasteiger partial charge in [0.05, 0.1) is 18.0 Å². The van der Waals surface area contributed by atoms with Crippen LogP contribution in [0.5, 0.6) is 0 Å². The summed E-state index contributed by atoms with van der Waals surface area (Å²) >= 11 is 1.58. The highest BCUT2D eigenvalue weighted by atomic mass is 32.1. The summed E-state index contributed by atoms with van der Waals surface area (Å²) in [6.07, 6.45) is -3.39. The standard InChI is InChI=1S/C31H31N2O3S.C2HF3O2/c34-26(29-19-24-11-7-8-14-28(24)37-29)20-33-17-15-22(16-18-33)27(21-33)36-31(35)30(23-9-3-1-4-10-23)32-25-12-5-2-6-13-25;3-2(4,5)1(6)7/h1-14,19,22,27,30,32H,15-18,20-21H2;(H,6,7)/q+1;/p-1. The van der Waals surface area contributed by atoms with E-state index in [9.17, 15) is 22.8 Å². The van der Waals surface area contributed by atoms with Crippen molar-refractivity contribution in [3.05, 3.63) is 101 Å². The Hall–Kier alpha value is -4.22. The molecule has 7 nitrogen and oxygen atoms in total. The zero-order chi connectivity index (χ0) is 31.3. The van der Waals surface area contributed by atoms with Crippen LogP contribution in [0.25, 0.3) is 10.1 Å². The van der Waals surface area contributed by atoms with E-state index in [4.69, 9.17) is 14.6 Å². The number of carboxylic acids is 1. The number of rotatable bonds is 8. The summed E-state index contributed by atoms with van der Waals surface area (Å²) in [5, 5.41) is 13.3. The molecule has 3 aromatic carbocycles. The Bertz CT molecular complexity index is 1570. The van der Waals surface area contributed by atoms with Crippen LogP contribution >= 0.6 is 11.3 Å². The molecule has 4 heterocycles. The number of ether oxygens (including phenoxy) is 1. The average molecular weight is 625 g/mol. The SMILES string of the molecule is O=C(C[N+]12CCC(CC1)C(OC(=O)C(Nc1ccccc1)c1ccccc1)C2)c1cc2ccccc2s1.O=C([O-])C(F)(F)F. The number of carbonyl (C=O) groups is 3. The number of esters is 1. The van der Waals surface area contributed by atoms with Gasteiger partial charge in [-0.1, -0.05) is 66.7 Å². The van der Waals surface area contributed by atoms with Gasteiger partial charge in [-0.3, -0.25) is 4.79 Å². The highest BCUT2D eigenvalue weighted by molar-refractivity contribution is 7.20. The van der Waals surface area contributed by atoms with Crippen LogP contribution < -0.4 is 10.4 Å². The number of quaternary nitrogens is 1. The summed E-state index contributed by atoms with van der Waals surface area (Å²) < 4.78 is 39.7. The van der Waals surface area contributed by atoms with Gasteiger partial charge in [0.15, 0.2) is 12.1 Å². The maximum Gasteiger partial charge on any atom is 0.430 e. The van der Waals surface area contributed by atoms with Gasteiger partial charge in [0, 0.05) is 29.1 Å². The lowest BCUT2D eigenvalue weighted by molar-refractivity contribution is -0.938. The van der Waals surface area contributed by atoms with Crippen molar-refractivity contribution >= 4 is 44.8 Å². The van der Waals surface area contributed by atoms with Gasteiger partial charge < -0.3 is 24.4 Å². The molecule has 3 saturated heterocycles. The van der Waals surface area contributed by atoms with Crippen LogP contribution in [0.2, 0.25) is 0 Å². The molecule has 44 heavy (non-hydrogen) atoms. The lowest BCUT2D eigenvalue weighted by Gasteiger charge is -2.51. The smallest absolute Gasteiger partial charge is 0.430 e. The molecule has 0 aliphatic carbocycles. The number of piperidine rings is 3. The van der Waals surface area contributed by atoms with E-state index >= 15 is 0 Å². The quantitative estimate of drug-likeness (QED) is 0.161. The Kier molecular flexibility index (Phi) is 9.36. The zero-order valence-corrected chi connectivity index (χ0v) is 24.5. The number of nitrogens with zero attached hydrogens (tertiary/aromatic N) is 1. The molecule has 2 bridgehead atoms. The number of hydrogen-bond acceptors (Lipinski definition) is 7. The van der Waals surface area contributed by atoms with Gasteiger partial charge in [0.25, 0.3) is 0 Å². The number of aliphatic carboxylic acids is 1.